The molecule has 0 heterocycles. The second kappa shape index (κ2) is 7.39. The van der Waals surface area contributed by atoms with Crippen LogP contribution in [0.2, 0.25) is 10.0 Å². The molecule has 0 saturated heterocycles. The van der Waals surface area contributed by atoms with Crippen LogP contribution in [-0.2, 0) is 0 Å². The maximum atomic E-state index is 9.67. The van der Waals surface area contributed by atoms with Crippen LogP contribution < -0.4 is 0 Å². The van der Waals surface area contributed by atoms with Gasteiger partial charge in [-0.1, -0.05) is 29.1 Å². The molecule has 88 valence electrons. The Kier molecular flexibility index (Phi) is 6.98. The van der Waals surface area contributed by atoms with Gasteiger partial charge >= 0.3 is 6.68 Å². The van der Waals surface area contributed by atoms with E-state index in [1.54, 1.807) is 18.2 Å². The van der Waals surface area contributed by atoms with Crippen molar-refractivity contribution in [2.24, 2.45) is 0 Å². The van der Waals surface area contributed by atoms with Crippen molar-refractivity contribution in [1.29, 1.82) is 0 Å². The smallest absolute Gasteiger partial charge is 0.376 e. The number of hydrogen-bond acceptors (Lipinski definition) is 1. The fraction of sp³-hybridized carbons (Fsp3) is 0.200. The van der Waals surface area contributed by atoms with Crippen LogP contribution in [0, 0.1) is 12.3 Å². The monoisotopic (exact) mass is 270 g/mol. The quantitative estimate of drug-likeness (QED) is 0.769. The van der Waals surface area contributed by atoms with E-state index in [4.69, 9.17) is 29.6 Å². The van der Waals surface area contributed by atoms with Crippen LogP contribution in [0.25, 0.3) is 0 Å². The van der Waals surface area contributed by atoms with Gasteiger partial charge in [0.25, 0.3) is 0 Å². The lowest BCUT2D eigenvalue weighted by atomic mass is 10.1. The molecule has 1 unspecified atom stereocenters. The number of aliphatic hydroxyl groups excluding tert-OH is 1. The van der Waals surface area contributed by atoms with E-state index in [2.05, 4.69) is 5.92 Å². The van der Waals surface area contributed by atoms with Crippen molar-refractivity contribution in [3.8, 4) is 12.3 Å². The molecule has 0 saturated carbocycles. The van der Waals surface area contributed by atoms with Gasteiger partial charge in [0.15, 0.2) is 0 Å². The number of terminal acetylenes is 1. The Morgan fingerprint density at radius 3 is 1.81 bits per heavy atom. The molecular formula is C10H7Cl2F3O. The zero-order valence-electron chi connectivity index (χ0n) is 7.80. The molecule has 1 rings (SSSR count). The minimum atomic E-state index is -3.67. The van der Waals surface area contributed by atoms with Gasteiger partial charge in [0.05, 0.1) is 0 Å². The molecule has 16 heavy (non-hydrogen) atoms. The van der Waals surface area contributed by atoms with E-state index in [0.717, 1.165) is 0 Å². The van der Waals surface area contributed by atoms with Gasteiger partial charge in [-0.25, -0.2) is 0 Å². The number of aliphatic hydroxyl groups is 1. The lowest BCUT2D eigenvalue weighted by molar-refractivity contribution is 0.00819. The van der Waals surface area contributed by atoms with E-state index in [1.807, 2.05) is 0 Å². The number of rotatable bonds is 1. The first-order chi connectivity index (χ1) is 7.36. The van der Waals surface area contributed by atoms with Crippen molar-refractivity contribution in [3.05, 3.63) is 33.8 Å². The molecule has 0 bridgehead atoms. The Hall–Kier alpha value is -0.890. The van der Waals surface area contributed by atoms with Crippen LogP contribution in [0.15, 0.2) is 18.2 Å². The van der Waals surface area contributed by atoms with Crippen LogP contribution in [0.5, 0.6) is 0 Å². The fourth-order valence-electron chi connectivity index (χ4n) is 0.829. The molecule has 0 spiro atoms. The first kappa shape index (κ1) is 15.1. The van der Waals surface area contributed by atoms with Gasteiger partial charge in [0.1, 0.15) is 6.10 Å². The lowest BCUT2D eigenvalue weighted by Gasteiger charge is -2.04. The zero-order chi connectivity index (χ0) is 12.7. The van der Waals surface area contributed by atoms with Gasteiger partial charge < -0.3 is 5.11 Å². The summed E-state index contributed by atoms with van der Waals surface area (Å²) >= 11 is 11.4. The second-order valence-corrected chi connectivity index (χ2v) is 3.39. The van der Waals surface area contributed by atoms with E-state index < -0.39 is 12.8 Å². The number of alkyl halides is 3. The van der Waals surface area contributed by atoms with Gasteiger partial charge in [0.2, 0.25) is 0 Å². The summed E-state index contributed by atoms with van der Waals surface area (Å²) in [6.07, 6.45) is 4.07. The third kappa shape index (κ3) is 6.57. The van der Waals surface area contributed by atoms with Crippen molar-refractivity contribution in [2.75, 3.05) is 0 Å². The second-order valence-electron chi connectivity index (χ2n) is 2.52. The molecular weight excluding hydrogens is 264 g/mol. The van der Waals surface area contributed by atoms with E-state index in [-0.39, 0.29) is 0 Å². The molecule has 6 heteroatoms. The average Bonchev–Trinajstić information content (AvgIpc) is 2.14. The molecule has 1 aromatic rings. The summed E-state index contributed by atoms with van der Waals surface area (Å²) in [4.78, 5) is 0. The van der Waals surface area contributed by atoms with E-state index >= 15 is 0 Å². The van der Waals surface area contributed by atoms with Crippen molar-refractivity contribution >= 4 is 23.2 Å². The maximum absolute atomic E-state index is 9.67. The van der Waals surface area contributed by atoms with Crippen LogP contribution in [-0.4, -0.2) is 11.8 Å². The van der Waals surface area contributed by atoms with Crippen LogP contribution in [0.1, 0.15) is 11.7 Å². The first-order valence-electron chi connectivity index (χ1n) is 3.89. The van der Waals surface area contributed by atoms with Crippen LogP contribution in [0.4, 0.5) is 13.2 Å². The summed E-state index contributed by atoms with van der Waals surface area (Å²) < 4.78 is 29.0. The summed E-state index contributed by atoms with van der Waals surface area (Å²) in [5.74, 6) is 2.17. The average molecular weight is 271 g/mol. The third-order valence-electron chi connectivity index (χ3n) is 1.36. The molecule has 0 aromatic heterocycles. The highest BCUT2D eigenvalue weighted by Gasteiger charge is 2.04. The highest BCUT2D eigenvalue weighted by Crippen LogP contribution is 2.22. The normalized spacial score (nSPS) is 11.4. The van der Waals surface area contributed by atoms with Crippen molar-refractivity contribution < 1.29 is 18.3 Å². The predicted molar refractivity (Wildman–Crippen MR) is 57.4 cm³/mol. The Labute approximate surface area is 101 Å². The summed E-state index contributed by atoms with van der Waals surface area (Å²) in [7, 11) is 0. The molecule has 0 aliphatic carbocycles. The summed E-state index contributed by atoms with van der Waals surface area (Å²) in [5.41, 5.74) is 0.537. The number of hydrogen-bond donors (Lipinski definition) is 1. The van der Waals surface area contributed by atoms with E-state index in [0.29, 0.717) is 15.6 Å². The molecule has 0 fully saturated rings. The molecule has 0 amide bonds. The Morgan fingerprint density at radius 1 is 1.12 bits per heavy atom. The van der Waals surface area contributed by atoms with Gasteiger partial charge in [-0.3, -0.25) is 0 Å². The van der Waals surface area contributed by atoms with Crippen molar-refractivity contribution in [1.82, 2.24) is 0 Å². The molecule has 0 radical (unpaired) electrons. The first-order valence-corrected chi connectivity index (χ1v) is 4.64. The lowest BCUT2D eigenvalue weighted by Crippen LogP contribution is -1.92. The highest BCUT2D eigenvalue weighted by atomic mass is 35.5. The van der Waals surface area contributed by atoms with E-state index in [1.165, 1.54) is 0 Å². The molecule has 0 aliphatic rings. The predicted octanol–water partition coefficient (Wildman–Crippen LogP) is 3.84. The van der Waals surface area contributed by atoms with Gasteiger partial charge in [-0.05, 0) is 23.8 Å². The molecule has 1 N–H and O–H groups in total. The van der Waals surface area contributed by atoms with Crippen molar-refractivity contribution in [3.63, 3.8) is 0 Å². The molecule has 1 atom stereocenters. The fourth-order valence-corrected chi connectivity index (χ4v) is 1.37. The number of benzene rings is 1. The zero-order valence-corrected chi connectivity index (χ0v) is 9.31. The van der Waals surface area contributed by atoms with Gasteiger partial charge in [-0.15, -0.1) is 6.42 Å². The maximum Gasteiger partial charge on any atom is 0.379 e. The SMILES string of the molecule is C#CC(O)c1cc(Cl)cc(Cl)c1.FC(F)F. The third-order valence-corrected chi connectivity index (χ3v) is 1.79. The van der Waals surface area contributed by atoms with Gasteiger partial charge in [0, 0.05) is 10.0 Å². The Balaban J connectivity index is 0.000000487. The molecule has 0 aliphatic heterocycles. The Morgan fingerprint density at radius 2 is 1.50 bits per heavy atom. The van der Waals surface area contributed by atoms with Gasteiger partial charge in [-0.2, -0.15) is 13.2 Å². The summed E-state index contributed by atoms with van der Waals surface area (Å²) in [5, 5.41) is 10.2. The molecule has 1 aromatic carbocycles. The summed E-state index contributed by atoms with van der Waals surface area (Å²) in [6.45, 7) is -3.67. The van der Waals surface area contributed by atoms with Crippen LogP contribution in [0.3, 0.4) is 0 Å². The largest absolute Gasteiger partial charge is 0.379 e. The topological polar surface area (TPSA) is 20.2 Å². The standard InChI is InChI=1S/C9H6Cl2O.CHF3/c1-2-9(12)6-3-7(10)5-8(11)4-6;2-1(3)4/h1,3-5,9,12H;1H. The highest BCUT2D eigenvalue weighted by molar-refractivity contribution is 6.34. The summed E-state index contributed by atoms with van der Waals surface area (Å²) in [6, 6.07) is 4.74. The van der Waals surface area contributed by atoms with Crippen molar-refractivity contribution in [2.45, 2.75) is 12.8 Å². The Bertz CT molecular complexity index is 354. The minimum Gasteiger partial charge on any atom is -0.376 e. The number of halogens is 5. The van der Waals surface area contributed by atoms with Crippen LogP contribution >= 0.6 is 23.2 Å². The minimum absolute atomic E-state index is 0.465. The molecule has 1 nitrogen and oxygen atoms in total. The van der Waals surface area contributed by atoms with E-state index in [9.17, 15) is 18.3 Å².